The van der Waals surface area contributed by atoms with Gasteiger partial charge in [-0.2, -0.15) is 4.98 Å². The SMILES string of the molecule is CN(C)C1CN(c2nc(N3CC4CC[C@@H]3CN4)c3cc(Cl)c(-c4cc(O)cc5ccccc45)c(F)c3n2)C1. The van der Waals surface area contributed by atoms with Gasteiger partial charge in [-0.3, -0.25) is 0 Å². The van der Waals surface area contributed by atoms with Gasteiger partial charge in [0.05, 0.1) is 5.02 Å². The molecule has 3 aromatic carbocycles. The normalized spacial score (nSPS) is 21.6. The fourth-order valence-corrected chi connectivity index (χ4v) is 6.48. The van der Waals surface area contributed by atoms with Gasteiger partial charge >= 0.3 is 0 Å². The fraction of sp³-hybridized carbons (Fsp3) is 0.379. The maximum atomic E-state index is 16.7. The molecule has 1 unspecified atom stereocenters. The summed E-state index contributed by atoms with van der Waals surface area (Å²) in [6.07, 6.45) is 2.21. The average molecular weight is 533 g/mol. The number of aromatic nitrogens is 2. The van der Waals surface area contributed by atoms with E-state index in [0.717, 1.165) is 55.6 Å². The largest absolute Gasteiger partial charge is 0.508 e. The van der Waals surface area contributed by atoms with E-state index in [4.69, 9.17) is 21.6 Å². The van der Waals surface area contributed by atoms with Crippen LogP contribution in [-0.2, 0) is 0 Å². The smallest absolute Gasteiger partial charge is 0.228 e. The number of likely N-dealkylation sites (N-methyl/N-ethyl adjacent to an activating group) is 1. The van der Waals surface area contributed by atoms with E-state index >= 15 is 4.39 Å². The van der Waals surface area contributed by atoms with Crippen LogP contribution >= 0.6 is 11.6 Å². The summed E-state index contributed by atoms with van der Waals surface area (Å²) in [5, 5.41) is 16.6. The van der Waals surface area contributed by atoms with Crippen molar-refractivity contribution in [1.82, 2.24) is 20.2 Å². The Morgan fingerprint density at radius 1 is 1.05 bits per heavy atom. The molecule has 0 spiro atoms. The third kappa shape index (κ3) is 3.77. The molecule has 4 fully saturated rings. The number of phenolic OH excluding ortho intramolecular Hbond substituents is 1. The first kappa shape index (κ1) is 23.9. The van der Waals surface area contributed by atoms with E-state index in [9.17, 15) is 5.11 Å². The zero-order chi connectivity index (χ0) is 26.1. The Bertz CT molecular complexity index is 1560. The zero-order valence-corrected chi connectivity index (χ0v) is 22.2. The van der Waals surface area contributed by atoms with Crippen molar-refractivity contribution in [2.24, 2.45) is 0 Å². The van der Waals surface area contributed by atoms with Crippen LogP contribution in [0.3, 0.4) is 0 Å². The molecule has 2 atom stereocenters. The molecule has 196 valence electrons. The van der Waals surface area contributed by atoms with Gasteiger partial charge in [0, 0.05) is 55.3 Å². The molecule has 7 nitrogen and oxygen atoms in total. The summed E-state index contributed by atoms with van der Waals surface area (Å²) < 4.78 is 16.7. The molecule has 0 amide bonds. The number of rotatable bonds is 4. The van der Waals surface area contributed by atoms with Gasteiger partial charge in [-0.25, -0.2) is 9.37 Å². The van der Waals surface area contributed by atoms with Crippen molar-refractivity contribution in [2.45, 2.75) is 31.0 Å². The first-order chi connectivity index (χ1) is 18.4. The van der Waals surface area contributed by atoms with E-state index in [1.165, 1.54) is 0 Å². The van der Waals surface area contributed by atoms with E-state index < -0.39 is 5.82 Å². The van der Waals surface area contributed by atoms with Crippen molar-refractivity contribution in [2.75, 3.05) is 50.1 Å². The number of halogens is 2. The molecule has 4 aliphatic heterocycles. The quantitative estimate of drug-likeness (QED) is 0.397. The van der Waals surface area contributed by atoms with Crippen LogP contribution in [0.1, 0.15) is 12.8 Å². The van der Waals surface area contributed by atoms with Crippen LogP contribution in [-0.4, -0.2) is 78.4 Å². The standard InChI is InChI=1S/C29H30ClFN6O/c1-35(2)19-14-36(15-19)29-33-27-23(28(34-29)37-13-17-7-8-18(37)12-32-17)11-24(30)25(26(27)31)22-10-20(38)9-16-5-3-4-6-21(16)22/h3-6,9-11,17-19,32,38H,7-8,12-15H2,1-2H3/t17?,18-/m1/s1. The molecule has 8 rings (SSSR count). The lowest BCUT2D eigenvalue weighted by atomic mass is 9.92. The fourth-order valence-electron chi connectivity index (χ4n) is 6.19. The summed E-state index contributed by atoms with van der Waals surface area (Å²) in [4.78, 5) is 16.5. The molecular weight excluding hydrogens is 503 g/mol. The van der Waals surface area contributed by atoms with Gasteiger partial charge in [0.1, 0.15) is 17.1 Å². The van der Waals surface area contributed by atoms with Gasteiger partial charge in [-0.1, -0.05) is 35.9 Å². The Labute approximate surface area is 225 Å². The monoisotopic (exact) mass is 532 g/mol. The lowest BCUT2D eigenvalue weighted by molar-refractivity contribution is 0.245. The van der Waals surface area contributed by atoms with Gasteiger partial charge in [0.15, 0.2) is 5.82 Å². The highest BCUT2D eigenvalue weighted by molar-refractivity contribution is 6.35. The summed E-state index contributed by atoms with van der Waals surface area (Å²) in [5.41, 5.74) is 1.06. The van der Waals surface area contributed by atoms with Crippen LogP contribution < -0.4 is 15.1 Å². The number of anilines is 2. The Balaban J connectivity index is 1.44. The maximum Gasteiger partial charge on any atom is 0.228 e. The summed E-state index contributed by atoms with van der Waals surface area (Å²) in [6, 6.07) is 13.8. The molecule has 0 saturated carbocycles. The third-order valence-corrected chi connectivity index (χ3v) is 8.76. The molecular formula is C29H30ClFN6O. The van der Waals surface area contributed by atoms with Crippen LogP contribution in [0.2, 0.25) is 5.02 Å². The van der Waals surface area contributed by atoms with Gasteiger partial charge < -0.3 is 25.1 Å². The first-order valence-corrected chi connectivity index (χ1v) is 13.6. The van der Waals surface area contributed by atoms with Crippen molar-refractivity contribution in [1.29, 1.82) is 0 Å². The Morgan fingerprint density at radius 2 is 1.87 bits per heavy atom. The molecule has 4 aliphatic rings. The minimum absolute atomic E-state index is 0.0606. The molecule has 38 heavy (non-hydrogen) atoms. The number of benzene rings is 3. The van der Waals surface area contributed by atoms with Crippen molar-refractivity contribution in [3.8, 4) is 16.9 Å². The molecule has 4 saturated heterocycles. The Hall–Kier alpha value is -3.20. The number of hydrogen-bond acceptors (Lipinski definition) is 7. The predicted octanol–water partition coefficient (Wildman–Crippen LogP) is 4.64. The van der Waals surface area contributed by atoms with E-state index in [1.807, 2.05) is 30.3 Å². The highest BCUT2D eigenvalue weighted by Gasteiger charge is 2.37. The van der Waals surface area contributed by atoms with Crippen molar-refractivity contribution >= 4 is 45.0 Å². The number of hydrogen-bond donors (Lipinski definition) is 2. The lowest BCUT2D eigenvalue weighted by Gasteiger charge is -2.47. The second kappa shape index (κ2) is 8.93. The van der Waals surface area contributed by atoms with E-state index in [1.54, 1.807) is 12.1 Å². The van der Waals surface area contributed by atoms with Gasteiger partial charge in [-0.15, -0.1) is 0 Å². The number of fused-ring (bicyclic) bond motifs is 5. The van der Waals surface area contributed by atoms with Crippen LogP contribution in [0.4, 0.5) is 16.2 Å². The third-order valence-electron chi connectivity index (χ3n) is 8.46. The molecule has 2 bridgehead atoms. The molecule has 0 radical (unpaired) electrons. The number of aromatic hydroxyl groups is 1. The van der Waals surface area contributed by atoms with Gasteiger partial charge in [0.2, 0.25) is 5.95 Å². The van der Waals surface area contributed by atoms with Crippen LogP contribution in [0.25, 0.3) is 32.8 Å². The number of nitrogens with zero attached hydrogens (tertiary/aromatic N) is 5. The van der Waals surface area contributed by atoms with Crippen LogP contribution in [0, 0.1) is 5.82 Å². The molecule has 5 heterocycles. The van der Waals surface area contributed by atoms with Gasteiger partial charge in [0.25, 0.3) is 0 Å². The number of piperazine rings is 1. The van der Waals surface area contributed by atoms with Crippen LogP contribution in [0.15, 0.2) is 42.5 Å². The predicted molar refractivity (Wildman–Crippen MR) is 151 cm³/mol. The Morgan fingerprint density at radius 3 is 2.58 bits per heavy atom. The highest BCUT2D eigenvalue weighted by atomic mass is 35.5. The van der Waals surface area contributed by atoms with Gasteiger partial charge in [-0.05, 0) is 61.5 Å². The molecule has 4 aromatic rings. The molecule has 1 aromatic heterocycles. The first-order valence-electron chi connectivity index (χ1n) is 13.2. The minimum Gasteiger partial charge on any atom is -0.508 e. The Kier molecular flexibility index (Phi) is 5.61. The topological polar surface area (TPSA) is 67.8 Å². The maximum absolute atomic E-state index is 16.7. The molecule has 2 N–H and O–H groups in total. The minimum atomic E-state index is -0.488. The summed E-state index contributed by atoms with van der Waals surface area (Å²) in [5.74, 6) is 0.874. The molecule has 9 heteroatoms. The second-order valence-electron chi connectivity index (χ2n) is 11.0. The zero-order valence-electron chi connectivity index (χ0n) is 21.5. The highest BCUT2D eigenvalue weighted by Crippen LogP contribution is 2.43. The van der Waals surface area contributed by atoms with E-state index in [0.29, 0.717) is 35.0 Å². The van der Waals surface area contributed by atoms with Crippen molar-refractivity contribution in [3.63, 3.8) is 0 Å². The second-order valence-corrected chi connectivity index (χ2v) is 11.4. The van der Waals surface area contributed by atoms with Crippen molar-refractivity contribution < 1.29 is 9.50 Å². The van der Waals surface area contributed by atoms with E-state index in [-0.39, 0.29) is 21.9 Å². The molecule has 0 aliphatic carbocycles. The van der Waals surface area contributed by atoms with Crippen LogP contribution in [0.5, 0.6) is 5.75 Å². The summed E-state index contributed by atoms with van der Waals surface area (Å²) in [7, 11) is 4.14. The van der Waals surface area contributed by atoms with Crippen molar-refractivity contribution in [3.05, 3.63) is 53.3 Å². The number of phenols is 1. The average Bonchev–Trinajstić information content (AvgIpc) is 2.88. The number of nitrogens with one attached hydrogen (secondary N) is 1. The lowest BCUT2D eigenvalue weighted by Crippen LogP contribution is -2.61. The van der Waals surface area contributed by atoms with E-state index in [2.05, 4.69) is 34.1 Å². The summed E-state index contributed by atoms with van der Waals surface area (Å²) in [6.45, 7) is 3.31. The number of piperidine rings is 2. The summed E-state index contributed by atoms with van der Waals surface area (Å²) >= 11 is 6.86.